The predicted octanol–water partition coefficient (Wildman–Crippen LogP) is 3.06. The summed E-state index contributed by atoms with van der Waals surface area (Å²) in [6.45, 7) is 2.70. The Balaban J connectivity index is 1.78. The molecule has 2 heterocycles. The maximum Gasteiger partial charge on any atom is 0.320 e. The van der Waals surface area contributed by atoms with Gasteiger partial charge in [0.15, 0.2) is 0 Å². The van der Waals surface area contributed by atoms with E-state index in [0.717, 1.165) is 30.8 Å². The molecule has 0 aromatic carbocycles. The number of likely N-dealkylation sites (tertiary alicyclic amines) is 1. The molecule has 1 aromatic rings. The number of hydrogen-bond acceptors (Lipinski definition) is 3. The average Bonchev–Trinajstić information content (AvgIpc) is 3.04. The molecule has 110 valence electrons. The van der Waals surface area contributed by atoms with Crippen molar-refractivity contribution in [1.29, 1.82) is 0 Å². The van der Waals surface area contributed by atoms with Crippen LogP contribution in [-0.4, -0.2) is 28.1 Å². The molecule has 1 saturated heterocycles. The summed E-state index contributed by atoms with van der Waals surface area (Å²) in [6, 6.07) is 4.09. The van der Waals surface area contributed by atoms with Crippen molar-refractivity contribution in [3.8, 4) is 0 Å². The highest BCUT2D eigenvalue weighted by atomic mass is 16.4. The number of hydrogen-bond donors (Lipinski definition) is 1. The largest absolute Gasteiger partial charge is 0.480 e. The lowest BCUT2D eigenvalue weighted by Crippen LogP contribution is -2.41. The fourth-order valence-electron chi connectivity index (χ4n) is 3.90. The van der Waals surface area contributed by atoms with Crippen LogP contribution in [0.15, 0.2) is 16.5 Å². The molecule has 20 heavy (non-hydrogen) atoms. The first kappa shape index (κ1) is 13.7. The van der Waals surface area contributed by atoms with Crippen molar-refractivity contribution in [3.05, 3.63) is 23.7 Å². The van der Waals surface area contributed by atoms with Crippen LogP contribution in [0.4, 0.5) is 0 Å². The summed E-state index contributed by atoms with van der Waals surface area (Å²) in [5.74, 6) is 1.76. The molecule has 3 unspecified atom stereocenters. The smallest absolute Gasteiger partial charge is 0.320 e. The van der Waals surface area contributed by atoms with Crippen molar-refractivity contribution < 1.29 is 14.3 Å². The second-order valence-corrected chi connectivity index (χ2v) is 6.10. The summed E-state index contributed by atoms with van der Waals surface area (Å²) < 4.78 is 5.77. The van der Waals surface area contributed by atoms with Crippen molar-refractivity contribution >= 4 is 5.97 Å². The van der Waals surface area contributed by atoms with Gasteiger partial charge in [-0.2, -0.15) is 0 Å². The average molecular weight is 277 g/mol. The van der Waals surface area contributed by atoms with Gasteiger partial charge >= 0.3 is 5.97 Å². The first-order valence-corrected chi connectivity index (χ1v) is 7.75. The van der Waals surface area contributed by atoms with Gasteiger partial charge in [-0.05, 0) is 37.3 Å². The number of carboxylic acids is 1. The standard InChI is InChI=1S/C16H23NO3/c1-2-12-7-8-13(20-12)10-17-14-6-4-3-5-11(14)9-15(17)16(18)19/h7-8,11,14-15H,2-6,9-10H2,1H3,(H,18,19). The maximum atomic E-state index is 11.5. The molecule has 2 fully saturated rings. The van der Waals surface area contributed by atoms with E-state index < -0.39 is 5.97 Å². The van der Waals surface area contributed by atoms with Crippen LogP contribution in [-0.2, 0) is 17.8 Å². The molecule has 0 radical (unpaired) electrons. The number of nitrogens with zero attached hydrogens (tertiary/aromatic N) is 1. The normalized spacial score (nSPS) is 30.4. The van der Waals surface area contributed by atoms with Gasteiger partial charge in [-0.3, -0.25) is 9.69 Å². The van der Waals surface area contributed by atoms with Gasteiger partial charge in [0.25, 0.3) is 0 Å². The Bertz CT molecular complexity index is 482. The highest BCUT2D eigenvalue weighted by Crippen LogP contribution is 2.40. The van der Waals surface area contributed by atoms with E-state index in [0.29, 0.717) is 18.5 Å². The summed E-state index contributed by atoms with van der Waals surface area (Å²) >= 11 is 0. The van der Waals surface area contributed by atoms with Gasteiger partial charge in [-0.25, -0.2) is 0 Å². The molecule has 3 rings (SSSR count). The highest BCUT2D eigenvalue weighted by Gasteiger charge is 2.45. The van der Waals surface area contributed by atoms with Crippen molar-refractivity contribution in [2.45, 2.75) is 64.1 Å². The van der Waals surface area contributed by atoms with Crippen LogP contribution >= 0.6 is 0 Å². The number of fused-ring (bicyclic) bond motifs is 1. The topological polar surface area (TPSA) is 53.7 Å². The van der Waals surface area contributed by atoms with Crippen LogP contribution in [0.2, 0.25) is 0 Å². The van der Waals surface area contributed by atoms with Crippen LogP contribution in [0.1, 0.15) is 50.5 Å². The molecule has 4 nitrogen and oxygen atoms in total. The van der Waals surface area contributed by atoms with Crippen molar-refractivity contribution in [2.75, 3.05) is 0 Å². The zero-order chi connectivity index (χ0) is 14.1. The summed E-state index contributed by atoms with van der Waals surface area (Å²) in [7, 11) is 0. The number of aryl methyl sites for hydroxylation is 1. The predicted molar refractivity (Wildman–Crippen MR) is 75.4 cm³/mol. The van der Waals surface area contributed by atoms with Crippen LogP contribution in [0.5, 0.6) is 0 Å². The number of rotatable bonds is 4. The van der Waals surface area contributed by atoms with Gasteiger partial charge in [0, 0.05) is 12.5 Å². The molecule has 1 aliphatic carbocycles. The molecule has 1 N–H and O–H groups in total. The Morgan fingerprint density at radius 1 is 1.35 bits per heavy atom. The molecular formula is C16H23NO3. The molecule has 0 bridgehead atoms. The lowest BCUT2D eigenvalue weighted by atomic mass is 9.85. The minimum absolute atomic E-state index is 0.335. The number of furan rings is 1. The third kappa shape index (κ3) is 2.49. The highest BCUT2D eigenvalue weighted by molar-refractivity contribution is 5.74. The fraction of sp³-hybridized carbons (Fsp3) is 0.688. The van der Waals surface area contributed by atoms with Crippen LogP contribution in [0.25, 0.3) is 0 Å². The quantitative estimate of drug-likeness (QED) is 0.919. The molecule has 1 aliphatic heterocycles. The second kappa shape index (κ2) is 5.60. The van der Waals surface area contributed by atoms with Gasteiger partial charge in [-0.1, -0.05) is 19.8 Å². The third-order valence-electron chi connectivity index (χ3n) is 4.91. The lowest BCUT2D eigenvalue weighted by molar-refractivity contribution is -0.143. The van der Waals surface area contributed by atoms with Crippen LogP contribution in [0, 0.1) is 5.92 Å². The van der Waals surface area contributed by atoms with Gasteiger partial charge in [0.05, 0.1) is 6.54 Å². The van der Waals surface area contributed by atoms with Crippen LogP contribution < -0.4 is 0 Å². The Morgan fingerprint density at radius 3 is 2.80 bits per heavy atom. The Kier molecular flexibility index (Phi) is 3.83. The number of carbonyl (C=O) groups is 1. The van der Waals surface area contributed by atoms with E-state index in [1.807, 2.05) is 12.1 Å². The van der Waals surface area contributed by atoms with Crippen molar-refractivity contribution in [3.63, 3.8) is 0 Å². The Labute approximate surface area is 119 Å². The van der Waals surface area contributed by atoms with E-state index >= 15 is 0 Å². The van der Waals surface area contributed by atoms with E-state index in [-0.39, 0.29) is 6.04 Å². The summed E-state index contributed by atoms with van der Waals surface area (Å²) in [5, 5.41) is 9.49. The Hall–Kier alpha value is -1.29. The van der Waals surface area contributed by atoms with Gasteiger partial charge in [-0.15, -0.1) is 0 Å². The first-order chi connectivity index (χ1) is 9.69. The SMILES string of the molecule is CCc1ccc(CN2C(C(=O)O)CC3CCCCC32)o1. The first-order valence-electron chi connectivity index (χ1n) is 7.75. The monoisotopic (exact) mass is 277 g/mol. The summed E-state index contributed by atoms with van der Waals surface area (Å²) in [5.41, 5.74) is 0. The molecule has 1 saturated carbocycles. The van der Waals surface area contributed by atoms with Gasteiger partial charge in [0.1, 0.15) is 17.6 Å². The summed E-state index contributed by atoms with van der Waals surface area (Å²) in [6.07, 6.45) is 6.49. The van der Waals surface area contributed by atoms with Gasteiger partial charge in [0.2, 0.25) is 0 Å². The van der Waals surface area contributed by atoms with E-state index in [4.69, 9.17) is 4.42 Å². The molecule has 4 heteroatoms. The third-order valence-corrected chi connectivity index (χ3v) is 4.91. The zero-order valence-electron chi connectivity index (χ0n) is 12.0. The minimum Gasteiger partial charge on any atom is -0.480 e. The number of aliphatic carboxylic acids is 1. The maximum absolute atomic E-state index is 11.5. The molecule has 3 atom stereocenters. The van der Waals surface area contributed by atoms with E-state index in [9.17, 15) is 9.90 Å². The van der Waals surface area contributed by atoms with Gasteiger partial charge < -0.3 is 9.52 Å². The molecular weight excluding hydrogens is 254 g/mol. The van der Waals surface area contributed by atoms with E-state index in [1.165, 1.54) is 19.3 Å². The lowest BCUT2D eigenvalue weighted by Gasteiger charge is -2.32. The number of carboxylic acid groups (broad SMARTS) is 1. The minimum atomic E-state index is -0.679. The molecule has 2 aliphatic rings. The van der Waals surface area contributed by atoms with E-state index in [1.54, 1.807) is 0 Å². The molecule has 0 amide bonds. The Morgan fingerprint density at radius 2 is 2.10 bits per heavy atom. The second-order valence-electron chi connectivity index (χ2n) is 6.10. The van der Waals surface area contributed by atoms with Crippen molar-refractivity contribution in [2.24, 2.45) is 5.92 Å². The van der Waals surface area contributed by atoms with Crippen LogP contribution in [0.3, 0.4) is 0 Å². The fourth-order valence-corrected chi connectivity index (χ4v) is 3.90. The zero-order valence-corrected chi connectivity index (χ0v) is 12.0. The van der Waals surface area contributed by atoms with Crippen molar-refractivity contribution in [1.82, 2.24) is 4.90 Å². The summed E-state index contributed by atoms with van der Waals surface area (Å²) in [4.78, 5) is 13.7. The molecule has 0 spiro atoms. The van der Waals surface area contributed by atoms with E-state index in [2.05, 4.69) is 11.8 Å². The molecule has 1 aromatic heterocycles.